The van der Waals surface area contributed by atoms with Crippen molar-refractivity contribution in [3.8, 4) is 0 Å². The van der Waals surface area contributed by atoms with Crippen molar-refractivity contribution in [2.75, 3.05) is 0 Å². The highest BCUT2D eigenvalue weighted by atomic mass is 28.3. The lowest BCUT2D eigenvalue weighted by Crippen LogP contribution is -2.43. The summed E-state index contributed by atoms with van der Waals surface area (Å²) in [6, 6.07) is 0. The van der Waals surface area contributed by atoms with Gasteiger partial charge in [0.15, 0.2) is 0 Å². The lowest BCUT2D eigenvalue weighted by Gasteiger charge is -2.48. The number of hydrogen-bond donors (Lipinski definition) is 0. The summed E-state index contributed by atoms with van der Waals surface area (Å²) in [4.78, 5) is 0. The fourth-order valence-electron chi connectivity index (χ4n) is 16.2. The van der Waals surface area contributed by atoms with Gasteiger partial charge in [0.25, 0.3) is 0 Å². The molecule has 2 heteroatoms. The highest BCUT2D eigenvalue weighted by molar-refractivity contribution is 6.80. The number of fused-ring (bicyclic) bond motifs is 2. The molecule has 7 fully saturated rings. The third kappa shape index (κ3) is 6.63. The zero-order valence-electron chi connectivity index (χ0n) is 32.1. The zero-order chi connectivity index (χ0) is 32.1. The van der Waals surface area contributed by atoms with E-state index in [-0.39, 0.29) is 0 Å². The molecule has 12 atom stereocenters. The third-order valence-corrected chi connectivity index (χ3v) is 29.0. The van der Waals surface area contributed by atoms with E-state index in [1.165, 1.54) is 36.8 Å². The monoisotopic (exact) mass is 665 g/mol. The van der Waals surface area contributed by atoms with Gasteiger partial charge in [-0.3, -0.25) is 0 Å². The van der Waals surface area contributed by atoms with Gasteiger partial charge in [0.2, 0.25) is 0 Å². The van der Waals surface area contributed by atoms with Crippen LogP contribution in [-0.4, -0.2) is 16.1 Å². The van der Waals surface area contributed by atoms with Crippen molar-refractivity contribution in [3.05, 3.63) is 0 Å². The third-order valence-electron chi connectivity index (χ3n) is 18.5. The minimum absolute atomic E-state index is 1.09. The zero-order valence-corrected chi connectivity index (χ0v) is 34.1. The van der Waals surface area contributed by atoms with E-state index in [1.54, 1.807) is 128 Å². The average Bonchev–Trinajstić information content (AvgIpc) is 3.87. The van der Waals surface area contributed by atoms with Crippen molar-refractivity contribution in [2.24, 2.45) is 59.2 Å². The maximum absolute atomic E-state index is 2.89. The van der Waals surface area contributed by atoms with Crippen LogP contribution >= 0.6 is 0 Å². The predicted octanol–water partition coefficient (Wildman–Crippen LogP) is 14.5. The summed E-state index contributed by atoms with van der Waals surface area (Å²) >= 11 is 0. The van der Waals surface area contributed by atoms with Crippen molar-refractivity contribution in [1.82, 2.24) is 0 Å². The second kappa shape index (κ2) is 14.6. The fourth-order valence-corrected chi connectivity index (χ4v) is 25.9. The lowest BCUT2D eigenvalue weighted by molar-refractivity contribution is 0.0479. The van der Waals surface area contributed by atoms with E-state index in [4.69, 9.17) is 0 Å². The summed E-state index contributed by atoms with van der Waals surface area (Å²) in [5, 5.41) is 0. The molecule has 0 amide bonds. The molecule has 0 spiro atoms. The van der Waals surface area contributed by atoms with Gasteiger partial charge in [-0.2, -0.15) is 0 Å². The summed E-state index contributed by atoms with van der Waals surface area (Å²) in [6.07, 6.45) is 38.2. The van der Waals surface area contributed by atoms with E-state index in [0.717, 1.165) is 70.3 Å². The quantitative estimate of drug-likeness (QED) is 0.204. The number of hydrogen-bond acceptors (Lipinski definition) is 0. The highest BCUT2D eigenvalue weighted by Gasteiger charge is 2.55. The second-order valence-corrected chi connectivity index (χ2v) is 31.3. The van der Waals surface area contributed by atoms with E-state index >= 15 is 0 Å². The van der Waals surface area contributed by atoms with Crippen LogP contribution in [0.5, 0.6) is 0 Å². The molecule has 264 valence electrons. The van der Waals surface area contributed by atoms with Crippen LogP contribution < -0.4 is 0 Å². The molecule has 0 heterocycles. The first-order valence-electron chi connectivity index (χ1n) is 22.2. The SMILES string of the molecule is CCCC1CCC([Si](C)(C)C2CCC3C(C4CCC(C5CCCC6C5CCC6[Si](C)(C)C5CCC(CCC)C5)CC4)CCCC32)C1. The minimum atomic E-state index is -1.17. The molecular weight excluding hydrogens is 585 g/mol. The van der Waals surface area contributed by atoms with Crippen molar-refractivity contribution in [3.63, 3.8) is 0 Å². The Hall–Kier alpha value is 0.434. The van der Waals surface area contributed by atoms with Crippen LogP contribution in [0.25, 0.3) is 0 Å². The van der Waals surface area contributed by atoms with E-state index < -0.39 is 16.1 Å². The Bertz CT molecular complexity index is 898. The molecule has 7 rings (SSSR count). The van der Waals surface area contributed by atoms with Gasteiger partial charge in [0.05, 0.1) is 16.1 Å². The van der Waals surface area contributed by atoms with E-state index in [2.05, 4.69) is 40.0 Å². The van der Waals surface area contributed by atoms with Gasteiger partial charge in [0, 0.05) is 0 Å². The minimum Gasteiger partial charge on any atom is -0.0689 e. The average molecular weight is 665 g/mol. The van der Waals surface area contributed by atoms with Gasteiger partial charge in [-0.1, -0.05) is 130 Å². The molecule has 0 aromatic carbocycles. The maximum atomic E-state index is 2.89. The fraction of sp³-hybridized carbons (Fsp3) is 1.00. The molecule has 0 saturated heterocycles. The van der Waals surface area contributed by atoms with E-state index in [1.807, 2.05) is 0 Å². The van der Waals surface area contributed by atoms with Gasteiger partial charge >= 0.3 is 0 Å². The number of rotatable bonds is 10. The molecule has 0 nitrogen and oxygen atoms in total. The summed E-state index contributed by atoms with van der Waals surface area (Å²) in [5.41, 5.74) is 4.65. The molecule has 0 aromatic heterocycles. The maximum Gasteiger partial charge on any atom is 0.0538 e. The van der Waals surface area contributed by atoms with Crippen LogP contribution in [0.2, 0.25) is 48.4 Å². The van der Waals surface area contributed by atoms with Crippen LogP contribution in [0.3, 0.4) is 0 Å². The first-order chi connectivity index (χ1) is 22.2. The first-order valence-corrected chi connectivity index (χ1v) is 28.5. The molecule has 7 aliphatic carbocycles. The second-order valence-electron chi connectivity index (χ2n) is 20.9. The Kier molecular flexibility index (Phi) is 11.1. The highest BCUT2D eigenvalue weighted by Crippen LogP contribution is 2.64. The van der Waals surface area contributed by atoms with Crippen LogP contribution in [0.15, 0.2) is 0 Å². The summed E-state index contributed by atoms with van der Waals surface area (Å²) < 4.78 is 0. The molecule has 0 aliphatic heterocycles. The summed E-state index contributed by atoms with van der Waals surface area (Å²) in [7, 11) is -2.35. The van der Waals surface area contributed by atoms with E-state index in [0.29, 0.717) is 0 Å². The normalized spacial score (nSPS) is 46.8. The van der Waals surface area contributed by atoms with Gasteiger partial charge in [-0.25, -0.2) is 0 Å². The molecule has 12 unspecified atom stereocenters. The Balaban J connectivity index is 0.940. The molecule has 0 bridgehead atoms. The predicted molar refractivity (Wildman–Crippen MR) is 207 cm³/mol. The van der Waals surface area contributed by atoms with Crippen molar-refractivity contribution in [2.45, 2.75) is 216 Å². The molecule has 46 heavy (non-hydrogen) atoms. The topological polar surface area (TPSA) is 0 Å². The Morgan fingerprint density at radius 3 is 1.17 bits per heavy atom. The van der Waals surface area contributed by atoms with Gasteiger partial charge < -0.3 is 0 Å². The Morgan fingerprint density at radius 1 is 0.391 bits per heavy atom. The standard InChI is InChI=1S/C44H80Si2/c1-7-11-31-17-23-35(29-31)45(3,4)43-27-25-39-37(13-9-15-41(39)43)33-19-21-34(22-20-33)38-14-10-16-42-40(38)26-28-44(42)46(5,6)36-24-18-32(30-36)12-8-2/h31-44H,7-30H2,1-6H3. The molecule has 0 radical (unpaired) electrons. The van der Waals surface area contributed by atoms with Crippen LogP contribution in [-0.2, 0) is 0 Å². The van der Waals surface area contributed by atoms with Crippen molar-refractivity contribution >= 4 is 16.1 Å². The first kappa shape index (κ1) is 34.9. The molecule has 7 aliphatic rings. The summed E-state index contributed by atoms with van der Waals surface area (Å²) in [6.45, 7) is 16.4. The summed E-state index contributed by atoms with van der Waals surface area (Å²) in [5.74, 6) is 11.2. The van der Waals surface area contributed by atoms with E-state index in [9.17, 15) is 0 Å². The smallest absolute Gasteiger partial charge is 0.0538 e. The lowest BCUT2D eigenvalue weighted by atomic mass is 9.60. The van der Waals surface area contributed by atoms with Crippen LogP contribution in [0.1, 0.15) is 168 Å². The van der Waals surface area contributed by atoms with Gasteiger partial charge in [-0.15, -0.1) is 0 Å². The molecule has 0 aromatic rings. The van der Waals surface area contributed by atoms with Gasteiger partial charge in [0.1, 0.15) is 0 Å². The Morgan fingerprint density at radius 2 is 0.783 bits per heavy atom. The molecule has 7 saturated carbocycles. The Labute approximate surface area is 290 Å². The molecular formula is C44H80Si2. The van der Waals surface area contributed by atoms with Crippen molar-refractivity contribution in [1.29, 1.82) is 0 Å². The van der Waals surface area contributed by atoms with Crippen LogP contribution in [0.4, 0.5) is 0 Å². The van der Waals surface area contributed by atoms with Gasteiger partial charge in [-0.05, 0) is 146 Å². The van der Waals surface area contributed by atoms with Crippen molar-refractivity contribution < 1.29 is 0 Å². The largest absolute Gasteiger partial charge is 0.0689 e. The van der Waals surface area contributed by atoms with Crippen LogP contribution in [0, 0.1) is 59.2 Å². The molecule has 0 N–H and O–H groups in total.